The van der Waals surface area contributed by atoms with Crippen LogP contribution >= 0.6 is 0 Å². The summed E-state index contributed by atoms with van der Waals surface area (Å²) in [4.78, 5) is 21.9. The molecule has 3 aromatic rings. The van der Waals surface area contributed by atoms with E-state index in [2.05, 4.69) is 16.0 Å². The van der Waals surface area contributed by atoms with E-state index >= 15 is 0 Å². The summed E-state index contributed by atoms with van der Waals surface area (Å²) >= 11 is 0. The Labute approximate surface area is 201 Å². The first-order chi connectivity index (χ1) is 16.8. The highest BCUT2D eigenvalue weighted by atomic mass is 19.4. The summed E-state index contributed by atoms with van der Waals surface area (Å²) in [7, 11) is 0. The molecular formula is C26H23F3N4O2. The number of aromatic nitrogens is 2. The highest BCUT2D eigenvalue weighted by Crippen LogP contribution is 2.34. The molecule has 0 N–H and O–H groups in total. The average molecular weight is 480 g/mol. The molecule has 0 saturated carbocycles. The van der Waals surface area contributed by atoms with Crippen LogP contribution in [0.3, 0.4) is 0 Å². The number of halogens is 3. The fourth-order valence-electron chi connectivity index (χ4n) is 4.10. The molecule has 2 heterocycles. The molecule has 1 aromatic heterocycles. The van der Waals surface area contributed by atoms with Crippen molar-refractivity contribution in [3.8, 4) is 17.7 Å². The Hall–Kier alpha value is -3.93. The molecule has 1 atom stereocenters. The first-order valence-electron chi connectivity index (χ1n) is 11.3. The molecule has 0 bridgehead atoms. The zero-order chi connectivity index (χ0) is 24.8. The number of anilines is 1. The second-order valence-electron chi connectivity index (χ2n) is 8.28. The normalized spacial score (nSPS) is 15.6. The number of para-hydroxylation sites is 1. The molecule has 0 spiro atoms. The fourth-order valence-corrected chi connectivity index (χ4v) is 4.10. The molecular weight excluding hydrogens is 457 g/mol. The average Bonchev–Trinajstić information content (AvgIpc) is 3.35. The number of rotatable bonds is 8. The Morgan fingerprint density at radius 3 is 2.54 bits per heavy atom. The van der Waals surface area contributed by atoms with Gasteiger partial charge in [0, 0.05) is 19.0 Å². The molecule has 0 unspecified atom stereocenters. The van der Waals surface area contributed by atoms with Crippen LogP contribution in [-0.2, 0) is 17.4 Å². The molecule has 0 radical (unpaired) electrons. The van der Waals surface area contributed by atoms with Gasteiger partial charge in [-0.25, -0.2) is 4.98 Å². The number of carbonyl (C=O) groups is 1. The summed E-state index contributed by atoms with van der Waals surface area (Å²) in [6, 6.07) is 18.5. The molecule has 2 aromatic carbocycles. The van der Waals surface area contributed by atoms with Crippen LogP contribution in [0, 0.1) is 11.3 Å². The fraction of sp³-hybridized carbons (Fsp3) is 0.308. The first kappa shape index (κ1) is 24.2. The molecule has 1 fully saturated rings. The number of carbonyl (C=O) groups excluding carboxylic acids is 1. The lowest BCUT2D eigenvalue weighted by atomic mass is 10.0. The van der Waals surface area contributed by atoms with E-state index < -0.39 is 18.0 Å². The van der Waals surface area contributed by atoms with E-state index in [0.717, 1.165) is 5.56 Å². The largest absolute Gasteiger partial charge is 0.451 e. The van der Waals surface area contributed by atoms with E-state index in [9.17, 15) is 18.0 Å². The van der Waals surface area contributed by atoms with Crippen molar-refractivity contribution in [2.24, 2.45) is 0 Å². The van der Waals surface area contributed by atoms with Crippen LogP contribution in [0.2, 0.25) is 0 Å². The first-order valence-corrected chi connectivity index (χ1v) is 11.3. The van der Waals surface area contributed by atoms with Gasteiger partial charge < -0.3 is 9.64 Å². The quantitative estimate of drug-likeness (QED) is 0.410. The second kappa shape index (κ2) is 10.6. The molecule has 6 nitrogen and oxygen atoms in total. The SMILES string of the molecule is N#Cc1ccc(CCCC(=O)[C@@H]2CCCN2c2cc(Oc3ccccc3)nc(C(F)(F)F)n2)cc1. The number of aryl methyl sites for hydroxylation is 1. The van der Waals surface area contributed by atoms with Crippen molar-refractivity contribution in [2.75, 3.05) is 11.4 Å². The lowest BCUT2D eigenvalue weighted by Gasteiger charge is -2.25. The summed E-state index contributed by atoms with van der Waals surface area (Å²) in [5.74, 6) is -1.19. The van der Waals surface area contributed by atoms with Gasteiger partial charge in [-0.3, -0.25) is 4.79 Å². The molecule has 4 rings (SSSR count). The van der Waals surface area contributed by atoms with Crippen molar-refractivity contribution in [1.29, 1.82) is 5.26 Å². The Morgan fingerprint density at radius 1 is 1.11 bits per heavy atom. The molecule has 1 aliphatic rings. The van der Waals surface area contributed by atoms with Crippen molar-refractivity contribution < 1.29 is 22.7 Å². The van der Waals surface area contributed by atoms with Crippen LogP contribution in [0.15, 0.2) is 60.7 Å². The number of ether oxygens (including phenoxy) is 1. The van der Waals surface area contributed by atoms with E-state index in [-0.39, 0.29) is 17.5 Å². The van der Waals surface area contributed by atoms with Gasteiger partial charge in [-0.1, -0.05) is 30.3 Å². The molecule has 1 aliphatic heterocycles. The lowest BCUT2D eigenvalue weighted by Crippen LogP contribution is -2.37. The highest BCUT2D eigenvalue weighted by Gasteiger charge is 2.38. The van der Waals surface area contributed by atoms with Crippen molar-refractivity contribution >= 4 is 11.6 Å². The van der Waals surface area contributed by atoms with Gasteiger partial charge in [0.2, 0.25) is 11.7 Å². The number of nitrogens with zero attached hydrogens (tertiary/aromatic N) is 4. The van der Waals surface area contributed by atoms with Crippen LogP contribution in [0.5, 0.6) is 11.6 Å². The number of hydrogen-bond donors (Lipinski definition) is 0. The van der Waals surface area contributed by atoms with Gasteiger partial charge in [0.15, 0.2) is 5.78 Å². The van der Waals surface area contributed by atoms with Crippen LogP contribution in [-0.4, -0.2) is 28.3 Å². The van der Waals surface area contributed by atoms with Gasteiger partial charge in [-0.05, 0) is 55.5 Å². The maximum Gasteiger partial charge on any atom is 0.451 e. The zero-order valence-electron chi connectivity index (χ0n) is 18.8. The number of alkyl halides is 3. The minimum absolute atomic E-state index is 0.0289. The molecule has 9 heteroatoms. The number of ketones is 1. The topological polar surface area (TPSA) is 79.1 Å². The van der Waals surface area contributed by atoms with Crippen LogP contribution in [0.25, 0.3) is 0 Å². The monoisotopic (exact) mass is 480 g/mol. The number of Topliss-reactive ketones (excluding diaryl/α,β-unsaturated/α-hetero) is 1. The van der Waals surface area contributed by atoms with Gasteiger partial charge in [0.25, 0.3) is 0 Å². The Balaban J connectivity index is 1.48. The van der Waals surface area contributed by atoms with Crippen molar-refractivity contribution in [3.63, 3.8) is 0 Å². The number of hydrogen-bond acceptors (Lipinski definition) is 6. The molecule has 35 heavy (non-hydrogen) atoms. The van der Waals surface area contributed by atoms with Crippen LogP contribution in [0.1, 0.15) is 42.6 Å². The maximum absolute atomic E-state index is 13.5. The summed E-state index contributed by atoms with van der Waals surface area (Å²) < 4.78 is 46.1. The Kier molecular flexibility index (Phi) is 7.30. The van der Waals surface area contributed by atoms with Crippen molar-refractivity contribution in [1.82, 2.24) is 9.97 Å². The third kappa shape index (κ3) is 6.15. The Morgan fingerprint density at radius 2 is 1.86 bits per heavy atom. The van der Waals surface area contributed by atoms with E-state index in [1.165, 1.54) is 6.07 Å². The minimum Gasteiger partial charge on any atom is -0.439 e. The van der Waals surface area contributed by atoms with E-state index in [4.69, 9.17) is 10.00 Å². The predicted octanol–water partition coefficient (Wildman–Crippen LogP) is 5.72. The molecule has 180 valence electrons. The molecule has 0 amide bonds. The third-order valence-corrected chi connectivity index (χ3v) is 5.80. The smallest absolute Gasteiger partial charge is 0.439 e. The van der Waals surface area contributed by atoms with Gasteiger partial charge in [-0.2, -0.15) is 23.4 Å². The van der Waals surface area contributed by atoms with Gasteiger partial charge >= 0.3 is 6.18 Å². The van der Waals surface area contributed by atoms with Crippen molar-refractivity contribution in [2.45, 2.75) is 44.3 Å². The third-order valence-electron chi connectivity index (χ3n) is 5.80. The van der Waals surface area contributed by atoms with E-state index in [1.54, 1.807) is 47.4 Å². The summed E-state index contributed by atoms with van der Waals surface area (Å²) in [6.45, 7) is 0.422. The maximum atomic E-state index is 13.5. The zero-order valence-corrected chi connectivity index (χ0v) is 18.8. The van der Waals surface area contributed by atoms with Crippen molar-refractivity contribution in [3.05, 3.63) is 77.6 Å². The number of nitriles is 1. The van der Waals surface area contributed by atoms with E-state index in [0.29, 0.717) is 50.0 Å². The summed E-state index contributed by atoms with van der Waals surface area (Å²) in [5.41, 5.74) is 1.60. The molecule has 1 saturated heterocycles. The summed E-state index contributed by atoms with van der Waals surface area (Å²) in [5, 5.41) is 8.89. The van der Waals surface area contributed by atoms with Crippen LogP contribution in [0.4, 0.5) is 19.0 Å². The van der Waals surface area contributed by atoms with E-state index in [1.807, 2.05) is 12.1 Å². The Bertz CT molecular complexity index is 1210. The second-order valence-corrected chi connectivity index (χ2v) is 8.28. The standard InChI is InChI=1S/C26H23F3N4O2/c27-26(28,29)25-31-23(16-24(32-25)35-20-7-2-1-3-8-20)33-15-5-9-21(33)22(34)10-4-6-18-11-13-19(17-30)14-12-18/h1-3,7-8,11-14,16,21H,4-6,9-10,15H2/t21-/m0/s1. The highest BCUT2D eigenvalue weighted by molar-refractivity contribution is 5.87. The predicted molar refractivity (Wildman–Crippen MR) is 123 cm³/mol. The lowest BCUT2D eigenvalue weighted by molar-refractivity contribution is -0.145. The van der Waals surface area contributed by atoms with Gasteiger partial charge in [0.1, 0.15) is 11.6 Å². The minimum atomic E-state index is -4.76. The number of benzene rings is 2. The van der Waals surface area contributed by atoms with Gasteiger partial charge in [-0.15, -0.1) is 0 Å². The van der Waals surface area contributed by atoms with Gasteiger partial charge in [0.05, 0.1) is 17.7 Å². The summed E-state index contributed by atoms with van der Waals surface area (Å²) in [6.07, 6.45) is -1.96. The van der Waals surface area contributed by atoms with Crippen LogP contribution < -0.4 is 9.64 Å². The molecule has 0 aliphatic carbocycles.